The molecular weight excluding hydrogens is 424 g/mol. The number of benzene rings is 2. The van der Waals surface area contributed by atoms with E-state index in [-0.39, 0.29) is 29.2 Å². The minimum atomic E-state index is -0.786. The number of ether oxygens (including phenoxy) is 4. The Bertz CT molecular complexity index is 1060. The second-order valence-electron chi connectivity index (χ2n) is 6.48. The summed E-state index contributed by atoms with van der Waals surface area (Å²) < 4.78 is 54.2. The van der Waals surface area contributed by atoms with Crippen LogP contribution in [0, 0.1) is 11.6 Å². The van der Waals surface area contributed by atoms with Gasteiger partial charge in [0.25, 0.3) is 0 Å². The summed E-state index contributed by atoms with van der Waals surface area (Å²) in [5.41, 5.74) is 0.512. The third-order valence-corrected chi connectivity index (χ3v) is 4.25. The summed E-state index contributed by atoms with van der Waals surface area (Å²) in [6, 6.07) is 7.54. The maximum atomic E-state index is 13.9. The van der Waals surface area contributed by atoms with Gasteiger partial charge in [0.15, 0.2) is 17.3 Å². The van der Waals surface area contributed by atoms with Crippen molar-refractivity contribution in [1.29, 1.82) is 0 Å². The summed E-state index contributed by atoms with van der Waals surface area (Å²) in [5.74, 6) is -0.904. The van der Waals surface area contributed by atoms with Gasteiger partial charge in [-0.05, 0) is 45.0 Å². The van der Waals surface area contributed by atoms with Crippen molar-refractivity contribution in [3.05, 3.63) is 59.3 Å². The minimum Gasteiger partial charge on any atom is -0.490 e. The molecule has 1 heterocycles. The molecule has 0 saturated carbocycles. The van der Waals surface area contributed by atoms with E-state index in [1.54, 1.807) is 0 Å². The molecule has 0 atom stereocenters. The molecule has 0 aliphatic rings. The average molecular weight is 447 g/mol. The lowest BCUT2D eigenvalue weighted by Crippen LogP contribution is -2.09. The SMILES string of the molecule is CCOc1cc(C(=O)OCc2cc(-c3ccc(F)cc3F)on2)cc(OCC)c1OCC. The number of aromatic nitrogens is 1. The fraction of sp³-hybridized carbons (Fsp3) is 0.304. The highest BCUT2D eigenvalue weighted by atomic mass is 19.1. The van der Waals surface area contributed by atoms with Gasteiger partial charge < -0.3 is 23.5 Å². The second-order valence-corrected chi connectivity index (χ2v) is 6.48. The van der Waals surface area contributed by atoms with Crippen LogP contribution in [-0.4, -0.2) is 30.9 Å². The maximum absolute atomic E-state index is 13.9. The van der Waals surface area contributed by atoms with Crippen molar-refractivity contribution in [3.8, 4) is 28.6 Å². The van der Waals surface area contributed by atoms with Crippen molar-refractivity contribution in [2.24, 2.45) is 0 Å². The maximum Gasteiger partial charge on any atom is 0.338 e. The zero-order chi connectivity index (χ0) is 23.1. The first-order valence-electron chi connectivity index (χ1n) is 10.1. The van der Waals surface area contributed by atoms with E-state index in [4.69, 9.17) is 23.5 Å². The number of hydrogen-bond donors (Lipinski definition) is 0. The van der Waals surface area contributed by atoms with Crippen molar-refractivity contribution in [2.45, 2.75) is 27.4 Å². The number of halogens is 2. The predicted octanol–water partition coefficient (Wildman–Crippen LogP) is 5.17. The largest absolute Gasteiger partial charge is 0.490 e. The molecule has 0 N–H and O–H groups in total. The highest BCUT2D eigenvalue weighted by molar-refractivity contribution is 5.91. The molecule has 3 rings (SSSR count). The van der Waals surface area contributed by atoms with Crippen molar-refractivity contribution in [2.75, 3.05) is 19.8 Å². The molecule has 1 aromatic heterocycles. The fourth-order valence-corrected chi connectivity index (χ4v) is 2.93. The van der Waals surface area contributed by atoms with Crippen molar-refractivity contribution >= 4 is 5.97 Å². The molecule has 0 bridgehead atoms. The molecule has 0 aliphatic heterocycles. The minimum absolute atomic E-state index is 0.0469. The van der Waals surface area contributed by atoms with Crippen LogP contribution in [0.5, 0.6) is 17.2 Å². The normalized spacial score (nSPS) is 10.7. The third kappa shape index (κ3) is 5.35. The number of esters is 1. The highest BCUT2D eigenvalue weighted by Crippen LogP contribution is 2.39. The Morgan fingerprint density at radius 2 is 1.59 bits per heavy atom. The molecule has 0 unspecified atom stereocenters. The van der Waals surface area contributed by atoms with E-state index in [0.717, 1.165) is 12.1 Å². The van der Waals surface area contributed by atoms with E-state index in [1.165, 1.54) is 24.3 Å². The van der Waals surface area contributed by atoms with Crippen LogP contribution in [0.3, 0.4) is 0 Å². The van der Waals surface area contributed by atoms with Gasteiger partial charge in [0, 0.05) is 12.1 Å². The molecule has 170 valence electrons. The molecule has 0 radical (unpaired) electrons. The zero-order valence-corrected chi connectivity index (χ0v) is 17.9. The van der Waals surface area contributed by atoms with Crippen LogP contribution in [0.25, 0.3) is 11.3 Å². The molecule has 3 aromatic rings. The van der Waals surface area contributed by atoms with Crippen LogP contribution in [0.2, 0.25) is 0 Å². The van der Waals surface area contributed by atoms with Gasteiger partial charge in [0.1, 0.15) is 23.9 Å². The van der Waals surface area contributed by atoms with Gasteiger partial charge in [-0.2, -0.15) is 0 Å². The Labute approximate surface area is 183 Å². The summed E-state index contributed by atoms with van der Waals surface area (Å²) >= 11 is 0. The topological polar surface area (TPSA) is 80.0 Å². The molecule has 0 saturated heterocycles. The first kappa shape index (κ1) is 23.1. The number of rotatable bonds is 10. The molecular formula is C23H23F2NO6. The number of carbonyl (C=O) groups excluding carboxylic acids is 1. The Hall–Kier alpha value is -3.62. The van der Waals surface area contributed by atoms with Gasteiger partial charge in [-0.1, -0.05) is 5.16 Å². The van der Waals surface area contributed by atoms with Crippen LogP contribution >= 0.6 is 0 Å². The Morgan fingerprint density at radius 1 is 0.938 bits per heavy atom. The smallest absolute Gasteiger partial charge is 0.338 e. The van der Waals surface area contributed by atoms with Gasteiger partial charge in [-0.3, -0.25) is 0 Å². The van der Waals surface area contributed by atoms with Gasteiger partial charge in [-0.15, -0.1) is 0 Å². The first-order chi connectivity index (χ1) is 15.5. The zero-order valence-electron chi connectivity index (χ0n) is 17.9. The predicted molar refractivity (Wildman–Crippen MR) is 111 cm³/mol. The fourth-order valence-electron chi connectivity index (χ4n) is 2.93. The van der Waals surface area contributed by atoms with E-state index >= 15 is 0 Å². The first-order valence-corrected chi connectivity index (χ1v) is 10.1. The van der Waals surface area contributed by atoms with Gasteiger partial charge >= 0.3 is 5.97 Å². The Kier molecular flexibility index (Phi) is 7.64. The third-order valence-electron chi connectivity index (χ3n) is 4.25. The average Bonchev–Trinajstić information content (AvgIpc) is 3.23. The Balaban J connectivity index is 1.76. The van der Waals surface area contributed by atoms with Crippen LogP contribution in [-0.2, 0) is 11.3 Å². The molecule has 0 amide bonds. The van der Waals surface area contributed by atoms with E-state index in [9.17, 15) is 13.6 Å². The number of carbonyl (C=O) groups is 1. The van der Waals surface area contributed by atoms with Crippen LogP contribution < -0.4 is 14.2 Å². The summed E-state index contributed by atoms with van der Waals surface area (Å²) in [7, 11) is 0. The van der Waals surface area contributed by atoms with Crippen LogP contribution in [0.15, 0.2) is 40.9 Å². The molecule has 2 aromatic carbocycles. The standard InChI is InChI=1S/C23H23F2NO6/c1-4-28-20-9-14(10-21(29-5-2)22(20)30-6-3)23(27)31-13-16-12-19(32-26-16)17-8-7-15(24)11-18(17)25/h7-12H,4-6,13H2,1-3H3. The van der Waals surface area contributed by atoms with Crippen molar-refractivity contribution in [3.63, 3.8) is 0 Å². The molecule has 9 heteroatoms. The van der Waals surface area contributed by atoms with Crippen molar-refractivity contribution < 1.29 is 37.0 Å². The van der Waals surface area contributed by atoms with Crippen LogP contribution in [0.1, 0.15) is 36.8 Å². The highest BCUT2D eigenvalue weighted by Gasteiger charge is 2.20. The number of hydrogen-bond acceptors (Lipinski definition) is 7. The lowest BCUT2D eigenvalue weighted by molar-refractivity contribution is 0.0463. The van der Waals surface area contributed by atoms with Gasteiger partial charge in [0.2, 0.25) is 5.75 Å². The van der Waals surface area contributed by atoms with Crippen molar-refractivity contribution in [1.82, 2.24) is 5.16 Å². The molecule has 0 spiro atoms. The molecule has 0 fully saturated rings. The molecule has 7 nitrogen and oxygen atoms in total. The van der Waals surface area contributed by atoms with E-state index < -0.39 is 17.6 Å². The summed E-state index contributed by atoms with van der Waals surface area (Å²) in [5, 5.41) is 3.77. The summed E-state index contributed by atoms with van der Waals surface area (Å²) in [6.45, 7) is 6.37. The number of nitrogens with zero attached hydrogens (tertiary/aromatic N) is 1. The molecule has 0 aliphatic carbocycles. The van der Waals surface area contributed by atoms with Crippen LogP contribution in [0.4, 0.5) is 8.78 Å². The van der Waals surface area contributed by atoms with Gasteiger partial charge in [0.05, 0.1) is 30.9 Å². The quantitative estimate of drug-likeness (QED) is 0.397. The second kappa shape index (κ2) is 10.6. The Morgan fingerprint density at radius 3 is 2.19 bits per heavy atom. The lowest BCUT2D eigenvalue weighted by atomic mass is 10.1. The van der Waals surface area contributed by atoms with E-state index in [2.05, 4.69) is 5.16 Å². The summed E-state index contributed by atoms with van der Waals surface area (Å²) in [4.78, 5) is 12.6. The molecule has 32 heavy (non-hydrogen) atoms. The van der Waals surface area contributed by atoms with Gasteiger partial charge in [-0.25, -0.2) is 13.6 Å². The monoisotopic (exact) mass is 447 g/mol. The lowest BCUT2D eigenvalue weighted by Gasteiger charge is -2.16. The van der Waals surface area contributed by atoms with E-state index in [1.807, 2.05) is 20.8 Å². The van der Waals surface area contributed by atoms with E-state index in [0.29, 0.717) is 37.1 Å². The summed E-state index contributed by atoms with van der Waals surface area (Å²) in [6.07, 6.45) is 0.